The average molecular weight is 345 g/mol. The fourth-order valence-electron chi connectivity index (χ4n) is 2.44. The maximum absolute atomic E-state index is 11.7. The zero-order valence-corrected chi connectivity index (χ0v) is 15.1. The van der Waals surface area contributed by atoms with Crippen LogP contribution in [-0.2, 0) is 11.3 Å². The van der Waals surface area contributed by atoms with Crippen LogP contribution in [0.4, 0.5) is 4.79 Å². The van der Waals surface area contributed by atoms with E-state index < -0.39 is 5.60 Å². The first-order valence-corrected chi connectivity index (χ1v) is 8.58. The third-order valence-electron chi connectivity index (χ3n) is 3.56. The number of benzene rings is 1. The van der Waals surface area contributed by atoms with E-state index in [1.54, 1.807) is 6.26 Å². The van der Waals surface area contributed by atoms with Gasteiger partial charge >= 0.3 is 6.09 Å². The molecule has 0 unspecified atom stereocenters. The molecule has 2 rings (SSSR count). The molecule has 1 amide bonds. The maximum atomic E-state index is 11.7. The molecular weight excluding hydrogens is 318 g/mol. The molecule has 0 aliphatic rings. The number of hydrogen-bond donors (Lipinski definition) is 2. The van der Waals surface area contributed by atoms with Crippen molar-refractivity contribution in [1.29, 1.82) is 0 Å². The first-order chi connectivity index (χ1) is 11.9. The van der Waals surface area contributed by atoms with E-state index in [-0.39, 0.29) is 12.1 Å². The zero-order chi connectivity index (χ0) is 18.1. The van der Waals surface area contributed by atoms with Gasteiger partial charge in [-0.2, -0.15) is 0 Å². The summed E-state index contributed by atoms with van der Waals surface area (Å²) in [6.45, 7) is 6.77. The molecule has 0 aliphatic heterocycles. The molecule has 0 spiro atoms. The molecular formula is C19H27N3O3. The van der Waals surface area contributed by atoms with Gasteiger partial charge in [-0.25, -0.2) is 4.79 Å². The van der Waals surface area contributed by atoms with Crippen LogP contribution in [0.2, 0.25) is 0 Å². The fourth-order valence-corrected chi connectivity index (χ4v) is 2.44. The van der Waals surface area contributed by atoms with Crippen molar-refractivity contribution in [3.05, 3.63) is 53.9 Å². The van der Waals surface area contributed by atoms with Gasteiger partial charge in [0, 0.05) is 25.2 Å². The smallest absolute Gasteiger partial charge is 0.407 e. The Kier molecular flexibility index (Phi) is 7.01. The lowest BCUT2D eigenvalue weighted by Crippen LogP contribution is -2.33. The number of alkyl carbamates (subject to hydrolysis) is 1. The topological polar surface area (TPSA) is 76.4 Å². The third kappa shape index (κ3) is 7.39. The van der Waals surface area contributed by atoms with Crippen LogP contribution in [0.25, 0.3) is 0 Å². The lowest BCUT2D eigenvalue weighted by atomic mass is 10.0. The largest absolute Gasteiger partial charge is 0.444 e. The number of amides is 1. The predicted octanol–water partition coefficient (Wildman–Crippen LogP) is 3.81. The van der Waals surface area contributed by atoms with Crippen molar-refractivity contribution in [2.45, 2.75) is 51.8 Å². The molecule has 25 heavy (non-hydrogen) atoms. The molecule has 0 aliphatic carbocycles. The Morgan fingerprint density at radius 1 is 1.24 bits per heavy atom. The van der Waals surface area contributed by atoms with Gasteiger partial charge in [-0.05, 0) is 39.2 Å². The molecule has 0 fully saturated rings. The minimum Gasteiger partial charge on any atom is -0.444 e. The Morgan fingerprint density at radius 2 is 2.00 bits per heavy atom. The Bertz CT molecular complexity index is 621. The van der Waals surface area contributed by atoms with Crippen LogP contribution in [0, 0.1) is 0 Å². The van der Waals surface area contributed by atoms with Crippen molar-refractivity contribution in [2.75, 3.05) is 6.54 Å². The molecule has 0 saturated carbocycles. The van der Waals surface area contributed by atoms with E-state index in [9.17, 15) is 4.79 Å². The first kappa shape index (κ1) is 19.0. The van der Waals surface area contributed by atoms with Gasteiger partial charge in [-0.15, -0.1) is 0 Å². The van der Waals surface area contributed by atoms with Gasteiger partial charge in [0.05, 0.1) is 5.69 Å². The highest BCUT2D eigenvalue weighted by atomic mass is 16.6. The number of nitrogens with zero attached hydrogens (tertiary/aromatic N) is 1. The van der Waals surface area contributed by atoms with Crippen LogP contribution in [0.15, 0.2) is 47.2 Å². The molecule has 1 aromatic heterocycles. The summed E-state index contributed by atoms with van der Waals surface area (Å²) in [6.07, 6.45) is 2.92. The molecule has 6 nitrogen and oxygen atoms in total. The SMILES string of the molecule is CC(C)(C)OC(=O)NCCC[C@H](NCc1ccon1)c1ccccc1. The van der Waals surface area contributed by atoms with Gasteiger partial charge in [-0.3, -0.25) is 0 Å². The lowest BCUT2D eigenvalue weighted by molar-refractivity contribution is 0.0526. The van der Waals surface area contributed by atoms with Crippen molar-refractivity contribution >= 4 is 6.09 Å². The number of carbonyl (C=O) groups excluding carboxylic acids is 1. The Morgan fingerprint density at radius 3 is 2.64 bits per heavy atom. The molecule has 2 N–H and O–H groups in total. The fraction of sp³-hybridized carbons (Fsp3) is 0.474. The number of hydrogen-bond acceptors (Lipinski definition) is 5. The Labute approximate surface area is 148 Å². The summed E-state index contributed by atoms with van der Waals surface area (Å²) < 4.78 is 10.1. The van der Waals surface area contributed by atoms with Crippen LogP contribution in [0.5, 0.6) is 0 Å². The second-order valence-corrected chi connectivity index (χ2v) is 6.91. The van der Waals surface area contributed by atoms with Gasteiger partial charge in [-0.1, -0.05) is 35.5 Å². The van der Waals surface area contributed by atoms with E-state index in [0.29, 0.717) is 13.1 Å². The molecule has 1 aromatic carbocycles. The monoisotopic (exact) mass is 345 g/mol. The summed E-state index contributed by atoms with van der Waals surface area (Å²) in [6, 6.07) is 12.3. The van der Waals surface area contributed by atoms with E-state index in [1.165, 1.54) is 5.56 Å². The minimum atomic E-state index is -0.476. The minimum absolute atomic E-state index is 0.179. The predicted molar refractivity (Wildman–Crippen MR) is 96.0 cm³/mol. The van der Waals surface area contributed by atoms with Crippen LogP contribution >= 0.6 is 0 Å². The van der Waals surface area contributed by atoms with Gasteiger partial charge in [0.1, 0.15) is 11.9 Å². The number of carbonyl (C=O) groups is 1. The molecule has 0 radical (unpaired) electrons. The summed E-state index contributed by atoms with van der Waals surface area (Å²) in [5, 5.41) is 10.2. The lowest BCUT2D eigenvalue weighted by Gasteiger charge is -2.21. The summed E-state index contributed by atoms with van der Waals surface area (Å²) in [4.78, 5) is 11.7. The van der Waals surface area contributed by atoms with Gasteiger partial charge < -0.3 is 19.9 Å². The third-order valence-corrected chi connectivity index (χ3v) is 3.56. The second-order valence-electron chi connectivity index (χ2n) is 6.91. The highest BCUT2D eigenvalue weighted by Gasteiger charge is 2.16. The standard InChI is InChI=1S/C19H27N3O3/c1-19(2,3)25-18(23)20-12-7-10-17(15-8-5-4-6-9-15)21-14-16-11-13-24-22-16/h4-6,8-9,11,13,17,21H,7,10,12,14H2,1-3H3,(H,20,23)/t17-/m0/s1. The van der Waals surface area contributed by atoms with Gasteiger partial charge in [0.15, 0.2) is 0 Å². The zero-order valence-electron chi connectivity index (χ0n) is 15.1. The average Bonchev–Trinajstić information content (AvgIpc) is 3.07. The van der Waals surface area contributed by atoms with Crippen molar-refractivity contribution in [3.63, 3.8) is 0 Å². The number of rotatable bonds is 8. The van der Waals surface area contributed by atoms with E-state index in [0.717, 1.165) is 18.5 Å². The maximum Gasteiger partial charge on any atom is 0.407 e. The van der Waals surface area contributed by atoms with E-state index in [4.69, 9.17) is 9.26 Å². The van der Waals surface area contributed by atoms with Crippen molar-refractivity contribution in [2.24, 2.45) is 0 Å². The van der Waals surface area contributed by atoms with Crippen molar-refractivity contribution < 1.29 is 14.1 Å². The molecule has 136 valence electrons. The molecule has 0 saturated heterocycles. The Hall–Kier alpha value is -2.34. The van der Waals surface area contributed by atoms with Crippen LogP contribution in [0.1, 0.15) is 50.9 Å². The van der Waals surface area contributed by atoms with Crippen molar-refractivity contribution in [1.82, 2.24) is 15.8 Å². The van der Waals surface area contributed by atoms with Crippen molar-refractivity contribution in [3.8, 4) is 0 Å². The first-order valence-electron chi connectivity index (χ1n) is 8.58. The number of nitrogens with one attached hydrogen (secondary N) is 2. The summed E-state index contributed by atoms with van der Waals surface area (Å²) >= 11 is 0. The van der Waals surface area contributed by atoms with E-state index in [2.05, 4.69) is 27.9 Å². The Balaban J connectivity index is 1.81. The molecule has 6 heteroatoms. The summed E-state index contributed by atoms with van der Waals surface area (Å²) in [5.74, 6) is 0. The molecule has 0 bridgehead atoms. The normalized spacial score (nSPS) is 12.6. The van der Waals surface area contributed by atoms with Gasteiger partial charge in [0.2, 0.25) is 0 Å². The number of aromatic nitrogens is 1. The molecule has 1 atom stereocenters. The highest BCUT2D eigenvalue weighted by Crippen LogP contribution is 2.18. The van der Waals surface area contributed by atoms with Crippen LogP contribution < -0.4 is 10.6 Å². The second kappa shape index (κ2) is 9.22. The molecule has 1 heterocycles. The summed E-state index contributed by atoms with van der Waals surface area (Å²) in [7, 11) is 0. The quantitative estimate of drug-likeness (QED) is 0.712. The van der Waals surface area contributed by atoms with Crippen LogP contribution in [-0.4, -0.2) is 23.4 Å². The number of ether oxygens (including phenoxy) is 1. The summed E-state index contributed by atoms with van der Waals surface area (Å²) in [5.41, 5.74) is 1.60. The highest BCUT2D eigenvalue weighted by molar-refractivity contribution is 5.67. The van der Waals surface area contributed by atoms with Gasteiger partial charge in [0.25, 0.3) is 0 Å². The van der Waals surface area contributed by atoms with E-state index >= 15 is 0 Å². The molecule has 2 aromatic rings. The van der Waals surface area contributed by atoms with Crippen LogP contribution in [0.3, 0.4) is 0 Å². The van der Waals surface area contributed by atoms with E-state index in [1.807, 2.05) is 45.0 Å².